The van der Waals surface area contributed by atoms with E-state index in [0.29, 0.717) is 35.7 Å². The molecule has 1 saturated heterocycles. The molecule has 1 N–H and O–H groups in total. The van der Waals surface area contributed by atoms with E-state index in [2.05, 4.69) is 4.72 Å². The lowest BCUT2D eigenvalue weighted by Crippen LogP contribution is -2.36. The van der Waals surface area contributed by atoms with E-state index < -0.39 is 10.0 Å². The first-order valence-corrected chi connectivity index (χ1v) is 10.5. The Morgan fingerprint density at radius 1 is 1.07 bits per heavy atom. The molecule has 3 rings (SSSR count). The second kappa shape index (κ2) is 8.00. The summed E-state index contributed by atoms with van der Waals surface area (Å²) >= 11 is 0. The van der Waals surface area contributed by atoms with Crippen molar-refractivity contribution in [1.29, 1.82) is 0 Å². The smallest absolute Gasteiger partial charge is 0.262 e. The van der Waals surface area contributed by atoms with Gasteiger partial charge >= 0.3 is 0 Å². The maximum atomic E-state index is 12.9. The molecule has 0 radical (unpaired) electrons. The van der Waals surface area contributed by atoms with Crippen LogP contribution in [-0.2, 0) is 10.0 Å². The molecule has 1 aliphatic heterocycles. The molecule has 1 aliphatic rings. The van der Waals surface area contributed by atoms with E-state index in [1.165, 1.54) is 13.2 Å². The molecule has 1 amide bonds. The summed E-state index contributed by atoms with van der Waals surface area (Å²) in [5.74, 6) is 0.451. The predicted molar refractivity (Wildman–Crippen MR) is 105 cm³/mol. The number of sulfonamides is 1. The normalized spacial score (nSPS) is 14.7. The highest BCUT2D eigenvalue weighted by molar-refractivity contribution is 7.92. The van der Waals surface area contributed by atoms with Crippen LogP contribution in [0.3, 0.4) is 0 Å². The zero-order valence-electron chi connectivity index (χ0n) is 15.6. The molecule has 0 aromatic heterocycles. The summed E-state index contributed by atoms with van der Waals surface area (Å²) in [5, 5.41) is 0. The summed E-state index contributed by atoms with van der Waals surface area (Å²) in [6.07, 6.45) is 3.07. The van der Waals surface area contributed by atoms with E-state index in [1.807, 2.05) is 0 Å². The van der Waals surface area contributed by atoms with Gasteiger partial charge in [-0.2, -0.15) is 0 Å². The van der Waals surface area contributed by atoms with Crippen LogP contribution in [0.1, 0.15) is 35.2 Å². The Labute approximate surface area is 160 Å². The maximum absolute atomic E-state index is 12.9. The van der Waals surface area contributed by atoms with Crippen LogP contribution in [0.25, 0.3) is 0 Å². The van der Waals surface area contributed by atoms with Gasteiger partial charge in [0.1, 0.15) is 5.75 Å². The van der Waals surface area contributed by atoms with Crippen molar-refractivity contribution < 1.29 is 17.9 Å². The summed E-state index contributed by atoms with van der Waals surface area (Å²) in [6, 6.07) is 11.5. The zero-order valence-corrected chi connectivity index (χ0v) is 16.4. The number of hydrogen-bond donors (Lipinski definition) is 1. The molecule has 27 heavy (non-hydrogen) atoms. The number of anilines is 1. The Kier molecular flexibility index (Phi) is 5.70. The topological polar surface area (TPSA) is 75.7 Å². The van der Waals surface area contributed by atoms with Gasteiger partial charge in [0, 0.05) is 13.1 Å². The van der Waals surface area contributed by atoms with E-state index in [4.69, 9.17) is 4.74 Å². The predicted octanol–water partition coefficient (Wildman–Crippen LogP) is 3.43. The molecule has 0 spiro atoms. The maximum Gasteiger partial charge on any atom is 0.262 e. The summed E-state index contributed by atoms with van der Waals surface area (Å²) in [7, 11) is -2.30. The van der Waals surface area contributed by atoms with Gasteiger partial charge in [0.15, 0.2) is 0 Å². The van der Waals surface area contributed by atoms with Gasteiger partial charge in [-0.25, -0.2) is 8.42 Å². The Morgan fingerprint density at radius 2 is 1.78 bits per heavy atom. The Bertz CT molecular complexity index is 935. The van der Waals surface area contributed by atoms with E-state index in [9.17, 15) is 13.2 Å². The van der Waals surface area contributed by atoms with Crippen LogP contribution in [0.15, 0.2) is 47.4 Å². The van der Waals surface area contributed by atoms with Crippen LogP contribution in [0.2, 0.25) is 0 Å². The van der Waals surface area contributed by atoms with Crippen LogP contribution >= 0.6 is 0 Å². The number of aryl methyl sites for hydroxylation is 1. The van der Waals surface area contributed by atoms with Crippen molar-refractivity contribution in [2.45, 2.75) is 31.1 Å². The van der Waals surface area contributed by atoms with E-state index in [1.54, 1.807) is 48.2 Å². The van der Waals surface area contributed by atoms with E-state index in [-0.39, 0.29) is 10.8 Å². The van der Waals surface area contributed by atoms with Crippen LogP contribution in [0, 0.1) is 6.92 Å². The standard InChI is InChI=1S/C20H24N2O4S/c1-15-14-16(26-2)10-11-19(15)27(24,25)21-18-9-5-4-8-17(18)20(23)22-12-6-3-7-13-22/h4-5,8-11,14,21H,3,6-7,12-13H2,1-2H3. The molecule has 0 saturated carbocycles. The zero-order chi connectivity index (χ0) is 19.4. The lowest BCUT2D eigenvalue weighted by atomic mass is 10.1. The summed E-state index contributed by atoms with van der Waals surface area (Å²) in [6.45, 7) is 3.12. The molecule has 7 heteroatoms. The van der Waals surface area contributed by atoms with Crippen molar-refractivity contribution in [2.75, 3.05) is 24.9 Å². The number of methoxy groups -OCH3 is 1. The van der Waals surface area contributed by atoms with Crippen LogP contribution in [0.5, 0.6) is 5.75 Å². The molecule has 1 fully saturated rings. The van der Waals surface area contributed by atoms with E-state index >= 15 is 0 Å². The minimum Gasteiger partial charge on any atom is -0.497 e. The number of para-hydroxylation sites is 1. The second-order valence-corrected chi connectivity index (χ2v) is 8.29. The van der Waals surface area contributed by atoms with Gasteiger partial charge in [0.25, 0.3) is 15.9 Å². The van der Waals surface area contributed by atoms with Crippen LogP contribution in [0.4, 0.5) is 5.69 Å². The number of nitrogens with zero attached hydrogens (tertiary/aromatic N) is 1. The SMILES string of the molecule is COc1ccc(S(=O)(=O)Nc2ccccc2C(=O)N2CCCCC2)c(C)c1. The Morgan fingerprint density at radius 3 is 2.44 bits per heavy atom. The minimum atomic E-state index is -3.83. The number of rotatable bonds is 5. The third kappa shape index (κ3) is 4.24. The van der Waals surface area contributed by atoms with Gasteiger partial charge < -0.3 is 9.64 Å². The third-order valence-electron chi connectivity index (χ3n) is 4.72. The first-order valence-electron chi connectivity index (χ1n) is 8.98. The third-order valence-corrected chi connectivity index (χ3v) is 6.24. The molecule has 0 aliphatic carbocycles. The largest absolute Gasteiger partial charge is 0.497 e. The molecule has 2 aromatic carbocycles. The lowest BCUT2D eigenvalue weighted by molar-refractivity contribution is 0.0725. The number of carbonyl (C=O) groups excluding carboxylic acids is 1. The second-order valence-electron chi connectivity index (χ2n) is 6.64. The molecule has 0 unspecified atom stereocenters. The van der Waals surface area contributed by atoms with Gasteiger partial charge in [-0.1, -0.05) is 12.1 Å². The number of ether oxygens (including phenoxy) is 1. The summed E-state index contributed by atoms with van der Waals surface area (Å²) < 4.78 is 33.5. The van der Waals surface area contributed by atoms with Crippen LogP contribution < -0.4 is 9.46 Å². The number of benzene rings is 2. The van der Waals surface area contributed by atoms with Gasteiger partial charge in [-0.3, -0.25) is 9.52 Å². The Balaban J connectivity index is 1.90. The van der Waals surface area contributed by atoms with Crippen molar-refractivity contribution >= 4 is 21.6 Å². The number of likely N-dealkylation sites (tertiary alicyclic amines) is 1. The fourth-order valence-corrected chi connectivity index (χ4v) is 4.58. The van der Waals surface area contributed by atoms with Gasteiger partial charge in [-0.15, -0.1) is 0 Å². The average Bonchev–Trinajstić information content (AvgIpc) is 2.68. The van der Waals surface area contributed by atoms with Crippen molar-refractivity contribution in [1.82, 2.24) is 4.90 Å². The molecule has 6 nitrogen and oxygen atoms in total. The fraction of sp³-hybridized carbons (Fsp3) is 0.350. The van der Waals surface area contributed by atoms with Crippen molar-refractivity contribution in [3.8, 4) is 5.75 Å². The molecular weight excluding hydrogens is 364 g/mol. The van der Waals surface area contributed by atoms with Crippen LogP contribution in [-0.4, -0.2) is 39.4 Å². The molecule has 0 atom stereocenters. The number of amides is 1. The first-order chi connectivity index (χ1) is 12.9. The van der Waals surface area contributed by atoms with E-state index in [0.717, 1.165) is 19.3 Å². The highest BCUT2D eigenvalue weighted by Crippen LogP contribution is 2.26. The number of carbonyl (C=O) groups is 1. The van der Waals surface area contributed by atoms with Crippen molar-refractivity contribution in [2.24, 2.45) is 0 Å². The van der Waals surface area contributed by atoms with Crippen molar-refractivity contribution in [3.05, 3.63) is 53.6 Å². The lowest BCUT2D eigenvalue weighted by Gasteiger charge is -2.27. The monoisotopic (exact) mass is 388 g/mol. The molecule has 2 aromatic rings. The number of hydrogen-bond acceptors (Lipinski definition) is 4. The molecular formula is C20H24N2O4S. The quantitative estimate of drug-likeness (QED) is 0.851. The molecule has 0 bridgehead atoms. The highest BCUT2D eigenvalue weighted by atomic mass is 32.2. The van der Waals surface area contributed by atoms with Gasteiger partial charge in [0.05, 0.1) is 23.3 Å². The number of piperidine rings is 1. The number of nitrogens with one attached hydrogen (secondary N) is 1. The molecule has 1 heterocycles. The average molecular weight is 388 g/mol. The molecule has 144 valence electrons. The first kappa shape index (κ1) is 19.2. The van der Waals surface area contributed by atoms with Crippen molar-refractivity contribution in [3.63, 3.8) is 0 Å². The Hall–Kier alpha value is -2.54. The minimum absolute atomic E-state index is 0.139. The summed E-state index contributed by atoms with van der Waals surface area (Å²) in [4.78, 5) is 14.8. The van der Waals surface area contributed by atoms with Gasteiger partial charge in [-0.05, 0) is 62.1 Å². The highest BCUT2D eigenvalue weighted by Gasteiger charge is 2.24. The summed E-state index contributed by atoms with van der Waals surface area (Å²) in [5.41, 5.74) is 1.24. The van der Waals surface area contributed by atoms with Gasteiger partial charge in [0.2, 0.25) is 0 Å². The fourth-order valence-electron chi connectivity index (χ4n) is 3.28.